The minimum absolute atomic E-state index is 0.0863. The number of carbonyl (C=O) groups excluding carboxylic acids is 1. The molecule has 1 heterocycles. The van der Waals surface area contributed by atoms with E-state index in [2.05, 4.69) is 15.6 Å². The molecule has 0 atom stereocenters. The molecule has 36 heavy (non-hydrogen) atoms. The van der Waals surface area contributed by atoms with Crippen LogP contribution in [-0.4, -0.2) is 68.2 Å². The van der Waals surface area contributed by atoms with Crippen molar-refractivity contribution < 1.29 is 23.1 Å². The van der Waals surface area contributed by atoms with Crippen LogP contribution >= 0.6 is 11.6 Å². The molecular weight excluding hydrogens is 504 g/mol. The van der Waals surface area contributed by atoms with Crippen LogP contribution in [0.5, 0.6) is 0 Å². The third-order valence-corrected chi connectivity index (χ3v) is 7.99. The van der Waals surface area contributed by atoms with Gasteiger partial charge in [-0.15, -0.1) is 0 Å². The second-order valence-corrected chi connectivity index (χ2v) is 10.9. The average molecular weight is 535 g/mol. The van der Waals surface area contributed by atoms with Gasteiger partial charge in [-0.25, -0.2) is 13.2 Å². The Balaban J connectivity index is 1.30. The number of amides is 1. The first-order chi connectivity index (χ1) is 17.2. The molecule has 0 saturated carbocycles. The summed E-state index contributed by atoms with van der Waals surface area (Å²) in [6.45, 7) is 3.84. The van der Waals surface area contributed by atoms with Gasteiger partial charge in [-0.2, -0.15) is 0 Å². The zero-order chi connectivity index (χ0) is 26.1. The summed E-state index contributed by atoms with van der Waals surface area (Å²) in [5, 5.41) is 15.5. The average Bonchev–Trinajstić information content (AvgIpc) is 3.34. The number of rotatable bonds is 13. The van der Waals surface area contributed by atoms with Gasteiger partial charge in [-0.1, -0.05) is 48.0 Å². The van der Waals surface area contributed by atoms with Crippen molar-refractivity contribution in [3.63, 3.8) is 0 Å². The summed E-state index contributed by atoms with van der Waals surface area (Å²) in [6, 6.07) is 12.4. The van der Waals surface area contributed by atoms with Crippen molar-refractivity contribution in [3.8, 4) is 0 Å². The number of aliphatic imine (C=N–C) groups is 1. The van der Waals surface area contributed by atoms with Crippen molar-refractivity contribution in [1.29, 1.82) is 0 Å². The highest BCUT2D eigenvalue weighted by atomic mass is 35.5. The zero-order valence-corrected chi connectivity index (χ0v) is 21.7. The fourth-order valence-electron chi connectivity index (χ4n) is 3.80. The summed E-state index contributed by atoms with van der Waals surface area (Å²) in [6.07, 6.45) is 0.745. The Morgan fingerprint density at radius 2 is 1.86 bits per heavy atom. The van der Waals surface area contributed by atoms with Gasteiger partial charge in [0.2, 0.25) is 0 Å². The molecule has 3 rings (SSSR count). The summed E-state index contributed by atoms with van der Waals surface area (Å²) in [5.41, 5.74) is 2.44. The zero-order valence-electron chi connectivity index (χ0n) is 20.2. The van der Waals surface area contributed by atoms with Crippen LogP contribution in [0.25, 0.3) is 0 Å². The SMILES string of the molecule is Cc1cccc(S(=O)(=O)CNCCCCC(=O)CNCc2ccc(C3=NCCN3C(=O)O)cc2)c1Cl. The number of Topliss-reactive ketones (excluding diaryl/α,β-unsaturated/α-hetero) is 1. The highest BCUT2D eigenvalue weighted by Crippen LogP contribution is 2.25. The first-order valence-electron chi connectivity index (χ1n) is 11.7. The van der Waals surface area contributed by atoms with Crippen LogP contribution in [0.15, 0.2) is 52.4 Å². The standard InChI is InChI=1S/C25H31ClN4O5S/c1-18-5-4-7-22(23(18)26)36(34,35)17-27-12-3-2-6-21(31)16-28-15-19-8-10-20(11-9-19)24-29-13-14-30(24)25(32)33/h4-5,7-11,27-28H,2-3,6,12-17H2,1H3,(H,32,33). The van der Waals surface area contributed by atoms with Crippen molar-refractivity contribution in [2.24, 2.45) is 4.99 Å². The maximum Gasteiger partial charge on any atom is 0.413 e. The molecule has 0 aromatic heterocycles. The van der Waals surface area contributed by atoms with Gasteiger partial charge in [-0.3, -0.25) is 14.7 Å². The number of nitrogens with zero attached hydrogens (tertiary/aromatic N) is 2. The molecule has 3 N–H and O–H groups in total. The Bertz CT molecular complexity index is 1220. The molecule has 0 spiro atoms. The summed E-state index contributed by atoms with van der Waals surface area (Å²) >= 11 is 6.13. The summed E-state index contributed by atoms with van der Waals surface area (Å²) in [4.78, 5) is 29.0. The molecule has 2 aromatic rings. The summed E-state index contributed by atoms with van der Waals surface area (Å²) in [7, 11) is -3.52. The fourth-order valence-corrected chi connectivity index (χ4v) is 5.57. The van der Waals surface area contributed by atoms with Crippen molar-refractivity contribution >= 4 is 39.2 Å². The minimum Gasteiger partial charge on any atom is -0.465 e. The van der Waals surface area contributed by atoms with E-state index in [-0.39, 0.29) is 28.1 Å². The van der Waals surface area contributed by atoms with E-state index in [1.54, 1.807) is 19.1 Å². The number of unbranched alkanes of at least 4 members (excludes halogenated alkanes) is 1. The second-order valence-electron chi connectivity index (χ2n) is 8.58. The number of sulfone groups is 1. The number of aryl methyl sites for hydroxylation is 1. The third-order valence-electron chi connectivity index (χ3n) is 5.78. The minimum atomic E-state index is -3.52. The van der Waals surface area contributed by atoms with Gasteiger partial charge in [0.1, 0.15) is 17.5 Å². The Hall–Kier alpha value is -2.79. The van der Waals surface area contributed by atoms with Crippen LogP contribution in [0.2, 0.25) is 5.02 Å². The Morgan fingerprint density at radius 1 is 1.11 bits per heavy atom. The summed E-state index contributed by atoms with van der Waals surface area (Å²) in [5.74, 6) is 0.345. The molecular formula is C25H31ClN4O5S. The quantitative estimate of drug-likeness (QED) is 0.336. The molecule has 0 unspecified atom stereocenters. The second kappa shape index (κ2) is 13.0. The maximum absolute atomic E-state index is 12.5. The first-order valence-corrected chi connectivity index (χ1v) is 13.8. The van der Waals surface area contributed by atoms with Crippen molar-refractivity contribution in [3.05, 3.63) is 64.2 Å². The number of hydrogen-bond donors (Lipinski definition) is 3. The van der Waals surface area contributed by atoms with Crippen LogP contribution in [0.1, 0.15) is 36.0 Å². The van der Waals surface area contributed by atoms with Crippen LogP contribution in [0.3, 0.4) is 0 Å². The molecule has 0 radical (unpaired) electrons. The van der Waals surface area contributed by atoms with Gasteiger partial charge in [0.05, 0.1) is 29.6 Å². The topological polar surface area (TPSA) is 128 Å². The molecule has 194 valence electrons. The monoisotopic (exact) mass is 534 g/mol. The molecule has 0 fully saturated rings. The number of halogens is 1. The predicted molar refractivity (Wildman–Crippen MR) is 139 cm³/mol. The molecule has 11 heteroatoms. The molecule has 0 bridgehead atoms. The highest BCUT2D eigenvalue weighted by Gasteiger charge is 2.24. The van der Waals surface area contributed by atoms with Gasteiger partial charge < -0.3 is 15.7 Å². The van der Waals surface area contributed by atoms with Crippen LogP contribution in [-0.2, 0) is 21.2 Å². The van der Waals surface area contributed by atoms with E-state index >= 15 is 0 Å². The van der Waals surface area contributed by atoms with E-state index in [0.29, 0.717) is 56.8 Å². The number of benzene rings is 2. The molecule has 2 aromatic carbocycles. The van der Waals surface area contributed by atoms with Crippen LogP contribution in [0.4, 0.5) is 4.79 Å². The number of ketones is 1. The van der Waals surface area contributed by atoms with Crippen molar-refractivity contribution in [2.45, 2.75) is 37.6 Å². The number of hydrogen-bond acceptors (Lipinski definition) is 7. The highest BCUT2D eigenvalue weighted by molar-refractivity contribution is 7.91. The first kappa shape index (κ1) is 27.8. The number of carboxylic acid groups (broad SMARTS) is 1. The lowest BCUT2D eigenvalue weighted by molar-refractivity contribution is -0.118. The van der Waals surface area contributed by atoms with E-state index in [1.165, 1.54) is 11.0 Å². The van der Waals surface area contributed by atoms with Gasteiger partial charge in [-0.05, 0) is 43.5 Å². The number of nitrogens with one attached hydrogen (secondary N) is 2. The Morgan fingerprint density at radius 3 is 2.58 bits per heavy atom. The smallest absolute Gasteiger partial charge is 0.413 e. The van der Waals surface area contributed by atoms with Gasteiger partial charge >= 0.3 is 6.09 Å². The van der Waals surface area contributed by atoms with Crippen LogP contribution < -0.4 is 10.6 Å². The van der Waals surface area contributed by atoms with Gasteiger partial charge in [0.25, 0.3) is 0 Å². The number of carbonyl (C=O) groups is 2. The Labute approximate surface area is 216 Å². The van der Waals surface area contributed by atoms with E-state index in [4.69, 9.17) is 11.6 Å². The molecule has 9 nitrogen and oxygen atoms in total. The molecule has 1 aliphatic heterocycles. The molecule has 0 saturated heterocycles. The normalized spacial score (nSPS) is 13.6. The molecule has 1 amide bonds. The lowest BCUT2D eigenvalue weighted by Gasteiger charge is -2.14. The lowest BCUT2D eigenvalue weighted by Crippen LogP contribution is -2.33. The third kappa shape index (κ3) is 7.60. The van der Waals surface area contributed by atoms with Gasteiger partial charge in [0, 0.05) is 18.5 Å². The number of amidine groups is 1. The van der Waals surface area contributed by atoms with E-state index in [1.807, 2.05) is 24.3 Å². The van der Waals surface area contributed by atoms with Crippen molar-refractivity contribution in [1.82, 2.24) is 15.5 Å². The Kier molecular flexibility index (Phi) is 10.0. The molecule has 0 aliphatic carbocycles. The fraction of sp³-hybridized carbons (Fsp3) is 0.400. The van der Waals surface area contributed by atoms with Crippen LogP contribution in [0, 0.1) is 6.92 Å². The lowest BCUT2D eigenvalue weighted by atomic mass is 10.1. The predicted octanol–water partition coefficient (Wildman–Crippen LogP) is 3.24. The van der Waals surface area contributed by atoms with Gasteiger partial charge in [0.15, 0.2) is 9.84 Å². The van der Waals surface area contributed by atoms with E-state index in [0.717, 1.165) is 11.1 Å². The van der Waals surface area contributed by atoms with E-state index in [9.17, 15) is 23.1 Å². The summed E-state index contributed by atoms with van der Waals surface area (Å²) < 4.78 is 24.9. The van der Waals surface area contributed by atoms with E-state index < -0.39 is 15.9 Å². The largest absolute Gasteiger partial charge is 0.465 e. The maximum atomic E-state index is 12.5. The van der Waals surface area contributed by atoms with Crippen molar-refractivity contribution in [2.75, 3.05) is 32.1 Å². The molecule has 1 aliphatic rings.